The molecule has 2 amide bonds. The Balaban J connectivity index is 1.24. The van der Waals surface area contributed by atoms with Gasteiger partial charge in [-0.3, -0.25) is 9.59 Å². The molecule has 0 aliphatic carbocycles. The minimum atomic E-state index is 0.0158. The maximum absolute atomic E-state index is 15.4. The van der Waals surface area contributed by atoms with E-state index in [-0.39, 0.29) is 11.8 Å². The van der Waals surface area contributed by atoms with Gasteiger partial charge in [-0.1, -0.05) is 196 Å². The highest BCUT2D eigenvalue weighted by atomic mass is 32.1. The number of aryl methyl sites for hydroxylation is 2. The fourth-order valence-corrected chi connectivity index (χ4v) is 14.9. The van der Waals surface area contributed by atoms with Gasteiger partial charge in [0.15, 0.2) is 0 Å². The highest BCUT2D eigenvalue weighted by Crippen LogP contribution is 2.51. The van der Waals surface area contributed by atoms with Crippen LogP contribution in [0.25, 0.3) is 30.9 Å². The van der Waals surface area contributed by atoms with Crippen LogP contribution < -0.4 is 0 Å². The van der Waals surface area contributed by atoms with Gasteiger partial charge in [-0.05, 0) is 109 Å². The lowest BCUT2D eigenvalue weighted by molar-refractivity contribution is -0.124. The van der Waals surface area contributed by atoms with E-state index >= 15 is 9.59 Å². The second kappa shape index (κ2) is 31.1. The normalized spacial score (nSPS) is 14.9. The fraction of sp³-hybridized carbons (Fsp3) is 0.645. The molecule has 0 radical (unpaired) electrons. The average molecular weight is 1030 g/mol. The van der Waals surface area contributed by atoms with Crippen LogP contribution in [0.5, 0.6) is 0 Å². The Morgan fingerprint density at radius 3 is 1.07 bits per heavy atom. The monoisotopic (exact) mass is 1020 g/mol. The summed E-state index contributed by atoms with van der Waals surface area (Å²) in [4.78, 5) is 42.0. The Hall–Kier alpha value is -2.78. The Labute approximate surface area is 442 Å². The first-order valence-electron chi connectivity index (χ1n) is 28.8. The highest BCUT2D eigenvalue weighted by molar-refractivity contribution is 7.22. The van der Waals surface area contributed by atoms with Crippen molar-refractivity contribution in [2.24, 2.45) is 11.8 Å². The summed E-state index contributed by atoms with van der Waals surface area (Å²) < 4.78 is 0. The third-order valence-electron chi connectivity index (χ3n) is 15.3. The summed E-state index contributed by atoms with van der Waals surface area (Å²) in [5.41, 5.74) is 5.86. The van der Waals surface area contributed by atoms with Gasteiger partial charge in [-0.25, -0.2) is 0 Å². The largest absolute Gasteiger partial charge is 0.306 e. The number of nitrogens with zero attached hydrogens (tertiary/aromatic N) is 2. The molecule has 0 saturated carbocycles. The van der Waals surface area contributed by atoms with Crippen molar-refractivity contribution in [2.75, 3.05) is 13.1 Å². The molecule has 4 aromatic heterocycles. The molecule has 0 N–H and O–H groups in total. The molecule has 2 unspecified atom stereocenters. The molecule has 386 valence electrons. The number of hydrogen-bond donors (Lipinski definition) is 0. The topological polar surface area (TPSA) is 40.6 Å². The number of unbranched alkanes of at least 4 members (excludes halogenated alkanes) is 20. The lowest BCUT2D eigenvalue weighted by Crippen LogP contribution is -2.34. The van der Waals surface area contributed by atoms with E-state index in [1.807, 2.05) is 32.5 Å². The number of fused-ring (bicyclic) bond motifs is 1. The zero-order valence-corrected chi connectivity index (χ0v) is 48.0. The van der Waals surface area contributed by atoms with Gasteiger partial charge < -0.3 is 9.80 Å². The van der Waals surface area contributed by atoms with E-state index in [4.69, 9.17) is 0 Å². The molecule has 2 atom stereocenters. The van der Waals surface area contributed by atoms with Gasteiger partial charge in [-0.15, -0.1) is 45.3 Å². The van der Waals surface area contributed by atoms with Gasteiger partial charge in [0, 0.05) is 32.6 Å². The van der Waals surface area contributed by atoms with E-state index in [0.29, 0.717) is 36.1 Å². The molecular weight excluding hydrogens is 933 g/mol. The van der Waals surface area contributed by atoms with Gasteiger partial charge >= 0.3 is 0 Å². The molecule has 0 fully saturated rings. The smallest absolute Gasteiger partial charge is 0.261 e. The van der Waals surface area contributed by atoms with Crippen molar-refractivity contribution in [3.05, 3.63) is 79.2 Å². The van der Waals surface area contributed by atoms with Gasteiger partial charge in [0.05, 0.1) is 32.3 Å². The highest BCUT2D eigenvalue weighted by Gasteiger charge is 2.50. The Morgan fingerprint density at radius 1 is 0.400 bits per heavy atom. The quantitative estimate of drug-likeness (QED) is 0.0420. The number of carbonyl (C=O) groups excluding carboxylic acids is 2. The average Bonchev–Trinajstić information content (AvgIpc) is 4.25. The predicted octanol–water partition coefficient (Wildman–Crippen LogP) is 20.4. The van der Waals surface area contributed by atoms with Gasteiger partial charge in [0.25, 0.3) is 11.8 Å². The van der Waals surface area contributed by atoms with Gasteiger partial charge in [-0.2, -0.15) is 0 Å². The molecule has 6 rings (SSSR count). The van der Waals surface area contributed by atoms with Crippen LogP contribution in [0.1, 0.15) is 242 Å². The van der Waals surface area contributed by atoms with Gasteiger partial charge in [0.2, 0.25) is 0 Å². The standard InChI is InChI=1S/C62H92N2O2S4/c1-7-13-17-19-21-23-25-27-29-31-35-49-41-55(67-45-49)51-37-39-53(69-51)59-57-58(62(66)63(59)43-47(11-5)33-15-9-3)60(64(61(57)65)44-48(12-6)34-16-10-4)54-40-38-52(70-54)56-42-50(46-68-56)36-32-30-28-26-24-22-20-18-14-8-2/h37-42,45-48H,7-36,43-44H2,1-6H3. The Morgan fingerprint density at radius 2 is 0.729 bits per heavy atom. The van der Waals surface area contributed by atoms with Gasteiger partial charge in [0.1, 0.15) is 0 Å². The second-order valence-corrected chi connectivity index (χ2v) is 24.9. The molecule has 6 heterocycles. The van der Waals surface area contributed by atoms with Crippen LogP contribution in [-0.2, 0) is 22.4 Å². The number of rotatable bonds is 38. The first-order chi connectivity index (χ1) is 34.3. The lowest BCUT2D eigenvalue weighted by Gasteiger charge is -2.29. The summed E-state index contributed by atoms with van der Waals surface area (Å²) in [5.74, 6) is 0.780. The molecule has 4 nitrogen and oxygen atoms in total. The lowest BCUT2D eigenvalue weighted by atomic mass is 9.98. The van der Waals surface area contributed by atoms with Crippen LogP contribution in [0.4, 0.5) is 0 Å². The van der Waals surface area contributed by atoms with E-state index in [2.05, 4.69) is 88.7 Å². The molecule has 2 aliphatic rings. The summed E-state index contributed by atoms with van der Waals surface area (Å²) >= 11 is 7.21. The van der Waals surface area contributed by atoms with Crippen LogP contribution >= 0.6 is 45.3 Å². The summed E-state index contributed by atoms with van der Waals surface area (Å²) in [7, 11) is 0. The van der Waals surface area contributed by atoms with Crippen LogP contribution in [0.15, 0.2) is 58.3 Å². The van der Waals surface area contributed by atoms with Crippen molar-refractivity contribution in [3.8, 4) is 19.5 Å². The van der Waals surface area contributed by atoms with E-state index < -0.39 is 0 Å². The molecule has 70 heavy (non-hydrogen) atoms. The van der Waals surface area contributed by atoms with E-state index in [0.717, 1.165) is 85.4 Å². The molecule has 4 aromatic rings. The Bertz CT molecular complexity index is 2060. The third-order valence-corrected chi connectivity index (χ3v) is 19.8. The molecule has 0 aromatic carbocycles. The number of hydrogen-bond acceptors (Lipinski definition) is 6. The number of amides is 2. The van der Waals surface area contributed by atoms with Crippen molar-refractivity contribution < 1.29 is 9.59 Å². The molecule has 0 bridgehead atoms. The first kappa shape index (κ1) is 56.5. The summed E-state index contributed by atoms with van der Waals surface area (Å²) in [6, 6.07) is 13.7. The zero-order chi connectivity index (χ0) is 49.5. The molecule has 0 spiro atoms. The first-order valence-corrected chi connectivity index (χ1v) is 32.2. The SMILES string of the molecule is CCCCCCCCCCCCc1csc(-c2ccc(C3=C4C(=O)N(CC(CC)CCCC)C(c5ccc(-c6cc(CCCCCCCCCCCC)cs6)s5)=C4C(=O)N3CC(CC)CCCC)s2)c1. The van der Waals surface area contributed by atoms with Crippen molar-refractivity contribution in [2.45, 2.75) is 234 Å². The summed E-state index contributed by atoms with van der Waals surface area (Å²) in [5, 5.41) is 4.71. The van der Waals surface area contributed by atoms with Crippen LogP contribution in [-0.4, -0.2) is 34.7 Å². The van der Waals surface area contributed by atoms with Crippen LogP contribution in [0.3, 0.4) is 0 Å². The minimum absolute atomic E-state index is 0.0158. The van der Waals surface area contributed by atoms with Crippen LogP contribution in [0, 0.1) is 11.8 Å². The Kier molecular flexibility index (Phi) is 25.1. The second-order valence-electron chi connectivity index (χ2n) is 20.9. The predicted molar refractivity (Wildman–Crippen MR) is 310 cm³/mol. The molecule has 8 heteroatoms. The van der Waals surface area contributed by atoms with Crippen molar-refractivity contribution >= 4 is 68.6 Å². The molecular formula is C62H92N2O2S4. The van der Waals surface area contributed by atoms with E-state index in [9.17, 15) is 0 Å². The van der Waals surface area contributed by atoms with Crippen molar-refractivity contribution in [3.63, 3.8) is 0 Å². The van der Waals surface area contributed by atoms with Crippen LogP contribution in [0.2, 0.25) is 0 Å². The molecule has 0 saturated heterocycles. The van der Waals surface area contributed by atoms with Crippen molar-refractivity contribution in [1.82, 2.24) is 9.80 Å². The third kappa shape index (κ3) is 16.1. The zero-order valence-electron chi connectivity index (χ0n) is 44.7. The number of thiophene rings is 4. The van der Waals surface area contributed by atoms with Crippen molar-refractivity contribution in [1.29, 1.82) is 0 Å². The number of carbonyl (C=O) groups is 2. The summed E-state index contributed by atoms with van der Waals surface area (Å²) in [6.45, 7) is 14.9. The molecule has 2 aliphatic heterocycles. The maximum Gasteiger partial charge on any atom is 0.261 e. The summed E-state index contributed by atoms with van der Waals surface area (Å²) in [6.07, 6.45) is 38.2. The maximum atomic E-state index is 15.4. The van der Waals surface area contributed by atoms with E-state index in [1.54, 1.807) is 22.7 Å². The fourth-order valence-electron chi connectivity index (χ4n) is 10.7. The minimum Gasteiger partial charge on any atom is -0.306 e. The van der Waals surface area contributed by atoms with E-state index in [1.165, 1.54) is 159 Å².